The van der Waals surface area contributed by atoms with Crippen molar-refractivity contribution in [3.8, 4) is 0 Å². The second-order valence-electron chi connectivity index (χ2n) is 7.59. The van der Waals surface area contributed by atoms with Gasteiger partial charge in [-0.3, -0.25) is 0 Å². The van der Waals surface area contributed by atoms with Crippen molar-refractivity contribution in [2.45, 2.75) is 103 Å². The summed E-state index contributed by atoms with van der Waals surface area (Å²) in [6.07, 6.45) is 7.52. The molecule has 1 heterocycles. The standard InChI is InChI=1S/C23H44O6/c1-5-9-13-17-28-23-22(27-16-12-8-4)21(26-15-11-7-3)20(19(18-24)29-23)25-14-10-6-2/h5,19-24H,1,6-18H2,2-4H3. The van der Waals surface area contributed by atoms with Crippen LogP contribution in [0.1, 0.15) is 72.1 Å². The van der Waals surface area contributed by atoms with E-state index in [4.69, 9.17) is 23.7 Å². The zero-order valence-corrected chi connectivity index (χ0v) is 18.9. The fourth-order valence-electron chi connectivity index (χ4n) is 3.25. The van der Waals surface area contributed by atoms with Crippen molar-refractivity contribution in [2.75, 3.05) is 33.0 Å². The predicted octanol–water partition coefficient (Wildman–Crippen LogP) is 4.24. The van der Waals surface area contributed by atoms with Crippen LogP contribution in [0.5, 0.6) is 0 Å². The van der Waals surface area contributed by atoms with Crippen LogP contribution in [0.4, 0.5) is 0 Å². The van der Waals surface area contributed by atoms with Gasteiger partial charge in [0, 0.05) is 19.8 Å². The van der Waals surface area contributed by atoms with Gasteiger partial charge >= 0.3 is 0 Å². The molecule has 0 aromatic rings. The smallest absolute Gasteiger partial charge is 0.186 e. The molecule has 5 atom stereocenters. The topological polar surface area (TPSA) is 66.4 Å². The normalized spacial score (nSPS) is 27.2. The summed E-state index contributed by atoms with van der Waals surface area (Å²) in [4.78, 5) is 0. The fraction of sp³-hybridized carbons (Fsp3) is 0.913. The monoisotopic (exact) mass is 416 g/mol. The van der Waals surface area contributed by atoms with E-state index in [9.17, 15) is 5.11 Å². The molecule has 1 N–H and O–H groups in total. The molecule has 0 aliphatic carbocycles. The minimum Gasteiger partial charge on any atom is -0.394 e. The number of unbranched alkanes of at least 4 members (excludes halogenated alkanes) is 4. The minimum absolute atomic E-state index is 0.140. The number of ether oxygens (including phenoxy) is 5. The van der Waals surface area contributed by atoms with Crippen molar-refractivity contribution in [3.63, 3.8) is 0 Å². The van der Waals surface area contributed by atoms with Crippen LogP contribution in [0.25, 0.3) is 0 Å². The van der Waals surface area contributed by atoms with E-state index in [0.717, 1.165) is 51.4 Å². The molecule has 1 fully saturated rings. The largest absolute Gasteiger partial charge is 0.394 e. The van der Waals surface area contributed by atoms with Gasteiger partial charge in [0.05, 0.1) is 13.2 Å². The van der Waals surface area contributed by atoms with Crippen LogP contribution in [0.3, 0.4) is 0 Å². The highest BCUT2D eigenvalue weighted by molar-refractivity contribution is 4.93. The number of hydrogen-bond acceptors (Lipinski definition) is 6. The third kappa shape index (κ3) is 9.90. The lowest BCUT2D eigenvalue weighted by Gasteiger charge is -2.45. The number of hydrogen-bond donors (Lipinski definition) is 1. The molecule has 1 aliphatic heterocycles. The first-order chi connectivity index (χ1) is 14.2. The maximum atomic E-state index is 9.96. The van der Waals surface area contributed by atoms with Crippen LogP contribution in [-0.2, 0) is 23.7 Å². The zero-order valence-electron chi connectivity index (χ0n) is 18.9. The molecule has 5 unspecified atom stereocenters. The van der Waals surface area contributed by atoms with E-state index in [2.05, 4.69) is 27.4 Å². The van der Waals surface area contributed by atoms with Gasteiger partial charge in [-0.15, -0.1) is 6.58 Å². The summed E-state index contributed by atoms with van der Waals surface area (Å²) in [6.45, 7) is 12.4. The highest BCUT2D eigenvalue weighted by Crippen LogP contribution is 2.29. The second kappa shape index (κ2) is 17.2. The second-order valence-corrected chi connectivity index (χ2v) is 7.59. The van der Waals surface area contributed by atoms with Crippen LogP contribution >= 0.6 is 0 Å². The summed E-state index contributed by atoms with van der Waals surface area (Å²) in [7, 11) is 0. The van der Waals surface area contributed by atoms with Gasteiger partial charge in [0.2, 0.25) is 0 Å². The Balaban J connectivity index is 2.94. The maximum Gasteiger partial charge on any atom is 0.186 e. The van der Waals surface area contributed by atoms with Gasteiger partial charge in [-0.2, -0.15) is 0 Å². The average molecular weight is 417 g/mol. The molecule has 29 heavy (non-hydrogen) atoms. The van der Waals surface area contributed by atoms with E-state index in [1.54, 1.807) is 0 Å². The first-order valence-corrected chi connectivity index (χ1v) is 11.6. The minimum atomic E-state index is -0.577. The Morgan fingerprint density at radius 1 is 0.759 bits per heavy atom. The Morgan fingerprint density at radius 3 is 1.79 bits per heavy atom. The van der Waals surface area contributed by atoms with E-state index < -0.39 is 12.4 Å². The van der Waals surface area contributed by atoms with Gasteiger partial charge in [-0.25, -0.2) is 0 Å². The van der Waals surface area contributed by atoms with E-state index in [1.165, 1.54) is 0 Å². The lowest BCUT2D eigenvalue weighted by Crippen LogP contribution is -2.62. The van der Waals surface area contributed by atoms with Gasteiger partial charge in [-0.05, 0) is 32.1 Å². The molecule has 1 aliphatic rings. The summed E-state index contributed by atoms with van der Waals surface area (Å²) >= 11 is 0. The Labute approximate surface area is 177 Å². The van der Waals surface area contributed by atoms with Crippen molar-refractivity contribution < 1.29 is 28.8 Å². The number of aliphatic hydroxyl groups is 1. The Kier molecular flexibility index (Phi) is 15.7. The van der Waals surface area contributed by atoms with Crippen LogP contribution in [0.15, 0.2) is 12.7 Å². The molecular formula is C23H44O6. The molecule has 6 nitrogen and oxygen atoms in total. The summed E-state index contributed by atoms with van der Waals surface area (Å²) in [5.74, 6) is 0. The highest BCUT2D eigenvalue weighted by atomic mass is 16.7. The zero-order chi connectivity index (χ0) is 21.3. The lowest BCUT2D eigenvalue weighted by molar-refractivity contribution is -0.322. The lowest BCUT2D eigenvalue weighted by atomic mass is 9.98. The van der Waals surface area contributed by atoms with Gasteiger partial charge in [0.25, 0.3) is 0 Å². The van der Waals surface area contributed by atoms with Crippen molar-refractivity contribution in [1.82, 2.24) is 0 Å². The van der Waals surface area contributed by atoms with Gasteiger partial charge < -0.3 is 28.8 Å². The van der Waals surface area contributed by atoms with Crippen LogP contribution in [0, 0.1) is 0 Å². The highest BCUT2D eigenvalue weighted by Gasteiger charge is 2.48. The molecule has 0 amide bonds. The van der Waals surface area contributed by atoms with Gasteiger partial charge in [0.1, 0.15) is 24.4 Å². The number of allylic oxidation sites excluding steroid dienone is 1. The van der Waals surface area contributed by atoms with Gasteiger partial charge in [0.15, 0.2) is 6.29 Å². The van der Waals surface area contributed by atoms with Crippen molar-refractivity contribution in [1.29, 1.82) is 0 Å². The van der Waals surface area contributed by atoms with E-state index >= 15 is 0 Å². The van der Waals surface area contributed by atoms with E-state index in [-0.39, 0.29) is 24.9 Å². The summed E-state index contributed by atoms with van der Waals surface area (Å²) in [5, 5.41) is 9.96. The Morgan fingerprint density at radius 2 is 1.28 bits per heavy atom. The van der Waals surface area contributed by atoms with Crippen LogP contribution in [-0.4, -0.2) is 68.8 Å². The SMILES string of the molecule is C=CCCCOC1OC(CO)C(OCCCC)C(OCCCC)C1OCCCC. The Hall–Kier alpha value is -0.500. The van der Waals surface area contributed by atoms with E-state index in [1.807, 2.05) is 6.08 Å². The predicted molar refractivity (Wildman–Crippen MR) is 115 cm³/mol. The molecule has 0 bridgehead atoms. The number of rotatable bonds is 18. The maximum absolute atomic E-state index is 9.96. The van der Waals surface area contributed by atoms with Crippen molar-refractivity contribution >= 4 is 0 Å². The summed E-state index contributed by atoms with van der Waals surface area (Å²) in [6, 6.07) is 0. The molecule has 6 heteroatoms. The molecule has 172 valence electrons. The van der Waals surface area contributed by atoms with Gasteiger partial charge in [-0.1, -0.05) is 46.1 Å². The third-order valence-corrected chi connectivity index (χ3v) is 5.03. The molecule has 0 saturated carbocycles. The molecular weight excluding hydrogens is 372 g/mol. The fourth-order valence-corrected chi connectivity index (χ4v) is 3.25. The first-order valence-electron chi connectivity index (χ1n) is 11.6. The summed E-state index contributed by atoms with van der Waals surface area (Å²) < 4.78 is 30.8. The molecule has 0 aromatic carbocycles. The average Bonchev–Trinajstić information content (AvgIpc) is 2.73. The molecule has 0 spiro atoms. The van der Waals surface area contributed by atoms with Crippen LogP contribution < -0.4 is 0 Å². The third-order valence-electron chi connectivity index (χ3n) is 5.03. The molecule has 1 rings (SSSR count). The van der Waals surface area contributed by atoms with E-state index in [0.29, 0.717) is 26.4 Å². The quantitative estimate of drug-likeness (QED) is 0.266. The first kappa shape index (κ1) is 26.5. The van der Waals surface area contributed by atoms with Crippen LogP contribution in [0.2, 0.25) is 0 Å². The molecule has 0 aromatic heterocycles. The van der Waals surface area contributed by atoms with Crippen molar-refractivity contribution in [3.05, 3.63) is 12.7 Å². The Bertz CT molecular complexity index is 392. The molecule has 0 radical (unpaired) electrons. The summed E-state index contributed by atoms with van der Waals surface area (Å²) in [5.41, 5.74) is 0. The number of aliphatic hydroxyl groups excluding tert-OH is 1. The molecule has 1 saturated heterocycles. The van der Waals surface area contributed by atoms with Crippen molar-refractivity contribution in [2.24, 2.45) is 0 Å².